The first kappa shape index (κ1) is 23.4. The van der Waals surface area contributed by atoms with Crippen LogP contribution in [0.3, 0.4) is 0 Å². The van der Waals surface area contributed by atoms with Crippen LogP contribution in [0.2, 0.25) is 10.0 Å². The van der Waals surface area contributed by atoms with Crippen LogP contribution >= 0.6 is 23.2 Å². The number of sulfonamides is 1. The number of halogens is 2. The summed E-state index contributed by atoms with van der Waals surface area (Å²) in [6, 6.07) is 4.40. The zero-order valence-corrected chi connectivity index (χ0v) is 19.2. The zero-order chi connectivity index (χ0) is 21.1. The number of rotatable bonds is 7. The van der Waals surface area contributed by atoms with E-state index >= 15 is 0 Å². The summed E-state index contributed by atoms with van der Waals surface area (Å²) in [5.74, 6) is -0.193. The normalized spacial score (nSPS) is 17.1. The first-order chi connectivity index (χ1) is 12.9. The number of piperidine rings is 1. The fourth-order valence-electron chi connectivity index (χ4n) is 3.56. The van der Waals surface area contributed by atoms with E-state index in [0.29, 0.717) is 24.4 Å². The summed E-state index contributed by atoms with van der Waals surface area (Å²) in [5.41, 5.74) is -0.0352. The van der Waals surface area contributed by atoms with Crippen LogP contribution in [0, 0.1) is 11.3 Å². The van der Waals surface area contributed by atoms with Crippen LogP contribution in [-0.2, 0) is 14.8 Å². The monoisotopic (exact) mass is 449 g/mol. The van der Waals surface area contributed by atoms with E-state index in [-0.39, 0.29) is 40.2 Å². The molecule has 158 valence electrons. The van der Waals surface area contributed by atoms with E-state index in [1.54, 1.807) is 6.07 Å². The second kappa shape index (κ2) is 9.30. The third-order valence-electron chi connectivity index (χ3n) is 4.82. The van der Waals surface area contributed by atoms with Crippen LogP contribution in [0.25, 0.3) is 0 Å². The van der Waals surface area contributed by atoms with Gasteiger partial charge in [-0.1, -0.05) is 37.0 Å². The summed E-state index contributed by atoms with van der Waals surface area (Å²) < 4.78 is 27.1. The molecule has 1 aromatic rings. The molecule has 0 spiro atoms. The molecule has 1 N–H and O–H groups in total. The van der Waals surface area contributed by atoms with E-state index in [0.717, 1.165) is 6.54 Å². The molecule has 1 aromatic carbocycles. The molecule has 0 bridgehead atoms. The van der Waals surface area contributed by atoms with E-state index in [1.807, 2.05) is 14.1 Å². The van der Waals surface area contributed by atoms with Crippen molar-refractivity contribution < 1.29 is 13.2 Å². The molecule has 9 heteroatoms. The van der Waals surface area contributed by atoms with Crippen LogP contribution in [0.15, 0.2) is 23.1 Å². The van der Waals surface area contributed by atoms with Crippen molar-refractivity contribution in [1.82, 2.24) is 14.5 Å². The highest BCUT2D eigenvalue weighted by Crippen LogP contribution is 2.30. The molecule has 0 aliphatic carbocycles. The number of hydrogen-bond acceptors (Lipinski definition) is 4. The van der Waals surface area contributed by atoms with Crippen LogP contribution in [-0.4, -0.2) is 63.8 Å². The molecule has 0 radical (unpaired) electrons. The molecule has 1 fully saturated rings. The van der Waals surface area contributed by atoms with Crippen molar-refractivity contribution in [3.63, 3.8) is 0 Å². The Labute approximate surface area is 178 Å². The average Bonchev–Trinajstić information content (AvgIpc) is 2.60. The van der Waals surface area contributed by atoms with Gasteiger partial charge in [0.2, 0.25) is 15.9 Å². The molecule has 0 saturated carbocycles. The molecule has 0 atom stereocenters. The average molecular weight is 450 g/mol. The Kier molecular flexibility index (Phi) is 7.78. The Hall–Kier alpha value is -0.860. The van der Waals surface area contributed by atoms with E-state index in [2.05, 4.69) is 24.1 Å². The summed E-state index contributed by atoms with van der Waals surface area (Å²) in [6.45, 7) is 6.23. The lowest BCUT2D eigenvalue weighted by Gasteiger charge is -2.32. The molecular weight excluding hydrogens is 421 g/mol. The Balaban J connectivity index is 1.95. The van der Waals surface area contributed by atoms with E-state index in [1.165, 1.54) is 16.4 Å². The maximum absolute atomic E-state index is 12.9. The molecule has 1 aliphatic heterocycles. The Morgan fingerprint density at radius 3 is 2.43 bits per heavy atom. The van der Waals surface area contributed by atoms with Gasteiger partial charge in [-0.25, -0.2) is 8.42 Å². The van der Waals surface area contributed by atoms with Gasteiger partial charge in [0.25, 0.3) is 0 Å². The molecule has 1 saturated heterocycles. The lowest BCUT2D eigenvalue weighted by Crippen LogP contribution is -2.46. The van der Waals surface area contributed by atoms with Gasteiger partial charge in [0, 0.05) is 37.1 Å². The second-order valence-corrected chi connectivity index (χ2v) is 11.1. The van der Waals surface area contributed by atoms with Gasteiger partial charge in [-0.2, -0.15) is 4.31 Å². The van der Waals surface area contributed by atoms with Crippen LogP contribution in [0.4, 0.5) is 0 Å². The predicted molar refractivity (Wildman–Crippen MR) is 113 cm³/mol. The maximum Gasteiger partial charge on any atom is 0.244 e. The summed E-state index contributed by atoms with van der Waals surface area (Å²) in [4.78, 5) is 14.6. The molecule has 28 heavy (non-hydrogen) atoms. The maximum atomic E-state index is 12.9. The minimum Gasteiger partial charge on any atom is -0.355 e. The quantitative estimate of drug-likeness (QED) is 0.693. The lowest BCUT2D eigenvalue weighted by molar-refractivity contribution is -0.126. The van der Waals surface area contributed by atoms with Gasteiger partial charge in [0.15, 0.2) is 0 Å². The summed E-state index contributed by atoms with van der Waals surface area (Å²) >= 11 is 12.0. The third-order valence-corrected chi connectivity index (χ3v) is 7.44. The minimum absolute atomic E-state index is 0.00926. The van der Waals surface area contributed by atoms with Crippen molar-refractivity contribution in [2.45, 2.75) is 31.6 Å². The van der Waals surface area contributed by atoms with Crippen molar-refractivity contribution in [3.8, 4) is 0 Å². The summed E-state index contributed by atoms with van der Waals surface area (Å²) in [6.07, 6.45) is 0.967. The van der Waals surface area contributed by atoms with Crippen molar-refractivity contribution in [2.75, 3.05) is 40.3 Å². The Morgan fingerprint density at radius 1 is 1.25 bits per heavy atom. The van der Waals surface area contributed by atoms with E-state index < -0.39 is 10.0 Å². The Bertz CT molecular complexity index is 805. The first-order valence-electron chi connectivity index (χ1n) is 9.30. The number of nitrogens with one attached hydrogen (secondary N) is 1. The van der Waals surface area contributed by atoms with Gasteiger partial charge in [-0.15, -0.1) is 0 Å². The van der Waals surface area contributed by atoms with Gasteiger partial charge in [0.1, 0.15) is 4.90 Å². The highest BCUT2D eigenvalue weighted by molar-refractivity contribution is 7.89. The smallest absolute Gasteiger partial charge is 0.244 e. The third kappa shape index (κ3) is 6.07. The van der Waals surface area contributed by atoms with E-state index in [4.69, 9.17) is 23.2 Å². The number of carbonyl (C=O) groups is 1. The van der Waals surface area contributed by atoms with Crippen molar-refractivity contribution >= 4 is 39.1 Å². The Morgan fingerprint density at radius 2 is 1.86 bits per heavy atom. The SMILES string of the molecule is CN(C)CC(C)(C)CNC(=O)C1CCN(S(=O)(=O)c2cc(Cl)ccc2Cl)CC1. The molecule has 2 rings (SSSR count). The number of carbonyl (C=O) groups excluding carboxylic acids is 1. The molecular formula is C19H29Cl2N3O3S. The van der Waals surface area contributed by atoms with Crippen LogP contribution in [0.5, 0.6) is 0 Å². The van der Waals surface area contributed by atoms with Crippen molar-refractivity contribution in [2.24, 2.45) is 11.3 Å². The first-order valence-corrected chi connectivity index (χ1v) is 11.5. The second-order valence-electron chi connectivity index (χ2n) is 8.37. The highest BCUT2D eigenvalue weighted by Gasteiger charge is 2.33. The minimum atomic E-state index is -3.73. The predicted octanol–water partition coefficient (Wildman–Crippen LogP) is 3.10. The number of benzene rings is 1. The van der Waals surface area contributed by atoms with Crippen molar-refractivity contribution in [1.29, 1.82) is 0 Å². The van der Waals surface area contributed by atoms with Gasteiger partial charge >= 0.3 is 0 Å². The van der Waals surface area contributed by atoms with Gasteiger partial charge < -0.3 is 10.2 Å². The van der Waals surface area contributed by atoms with E-state index in [9.17, 15) is 13.2 Å². The fourth-order valence-corrected chi connectivity index (χ4v) is 5.76. The summed E-state index contributed by atoms with van der Waals surface area (Å²) in [5, 5.41) is 3.49. The highest BCUT2D eigenvalue weighted by atomic mass is 35.5. The topological polar surface area (TPSA) is 69.7 Å². The van der Waals surface area contributed by atoms with Crippen molar-refractivity contribution in [3.05, 3.63) is 28.2 Å². The van der Waals surface area contributed by atoms with Gasteiger partial charge in [-0.05, 0) is 50.6 Å². The standard InChI is InChI=1S/C19H29Cl2N3O3S/c1-19(2,13-23(3)4)12-22-18(25)14-7-9-24(10-8-14)28(26,27)17-11-15(20)5-6-16(17)21/h5-6,11,14H,7-10,12-13H2,1-4H3,(H,22,25). The zero-order valence-electron chi connectivity index (χ0n) is 16.8. The molecule has 0 unspecified atom stereocenters. The number of amides is 1. The fraction of sp³-hybridized carbons (Fsp3) is 0.632. The van der Waals surface area contributed by atoms with Gasteiger partial charge in [0.05, 0.1) is 5.02 Å². The number of hydrogen-bond donors (Lipinski definition) is 1. The van der Waals surface area contributed by atoms with Crippen LogP contribution < -0.4 is 5.32 Å². The largest absolute Gasteiger partial charge is 0.355 e. The molecule has 0 aromatic heterocycles. The van der Waals surface area contributed by atoms with Crippen LogP contribution in [0.1, 0.15) is 26.7 Å². The molecule has 1 heterocycles. The molecule has 1 aliphatic rings. The molecule has 6 nitrogen and oxygen atoms in total. The number of nitrogens with zero attached hydrogens (tertiary/aromatic N) is 2. The molecule has 1 amide bonds. The van der Waals surface area contributed by atoms with Gasteiger partial charge in [-0.3, -0.25) is 4.79 Å². The lowest BCUT2D eigenvalue weighted by atomic mass is 9.91. The summed E-state index contributed by atoms with van der Waals surface area (Å²) in [7, 11) is 0.278.